The van der Waals surface area contributed by atoms with Gasteiger partial charge in [-0.1, -0.05) is 30.9 Å². The third kappa shape index (κ3) is 3.15. The summed E-state index contributed by atoms with van der Waals surface area (Å²) in [5, 5.41) is 22.3. The van der Waals surface area contributed by atoms with Crippen LogP contribution in [0.4, 0.5) is 0 Å². The van der Waals surface area contributed by atoms with E-state index in [2.05, 4.69) is 5.32 Å². The maximum atomic E-state index is 13.4. The van der Waals surface area contributed by atoms with E-state index >= 15 is 0 Å². The van der Waals surface area contributed by atoms with E-state index in [1.54, 1.807) is 12.1 Å². The number of hydrogen-bond acceptors (Lipinski definition) is 6. The highest BCUT2D eigenvalue weighted by molar-refractivity contribution is 7.16. The van der Waals surface area contributed by atoms with Crippen LogP contribution in [0, 0.1) is 11.8 Å². The number of nitrogens with zero attached hydrogens (tertiary/aromatic N) is 1. The van der Waals surface area contributed by atoms with Crippen LogP contribution in [0.2, 0.25) is 4.34 Å². The van der Waals surface area contributed by atoms with Gasteiger partial charge in [0.05, 0.1) is 28.6 Å². The fourth-order valence-corrected chi connectivity index (χ4v) is 6.30. The summed E-state index contributed by atoms with van der Waals surface area (Å²) in [7, 11) is 0. The van der Waals surface area contributed by atoms with E-state index in [0.29, 0.717) is 22.1 Å². The monoisotopic (exact) mass is 440 g/mol. The first-order chi connectivity index (χ1) is 13.8. The van der Waals surface area contributed by atoms with Crippen LogP contribution in [0.15, 0.2) is 12.1 Å². The van der Waals surface area contributed by atoms with Crippen LogP contribution >= 0.6 is 22.9 Å². The number of nitrogens with one attached hydrogen (secondary N) is 1. The van der Waals surface area contributed by atoms with Crippen molar-refractivity contribution in [1.82, 2.24) is 10.2 Å². The zero-order valence-electron chi connectivity index (χ0n) is 15.5. The lowest BCUT2D eigenvalue weighted by Crippen LogP contribution is -2.57. The zero-order chi connectivity index (χ0) is 20.9. The van der Waals surface area contributed by atoms with Gasteiger partial charge < -0.3 is 10.2 Å². The summed E-state index contributed by atoms with van der Waals surface area (Å²) in [6.45, 7) is 0. The lowest BCUT2D eigenvalue weighted by atomic mass is 9.78. The van der Waals surface area contributed by atoms with Crippen LogP contribution < -0.4 is 5.32 Å². The van der Waals surface area contributed by atoms with Crippen molar-refractivity contribution in [3.8, 4) is 0 Å². The van der Waals surface area contributed by atoms with Gasteiger partial charge in [0, 0.05) is 10.9 Å². The molecule has 0 radical (unpaired) electrons. The molecule has 10 heteroatoms. The molecule has 29 heavy (non-hydrogen) atoms. The highest BCUT2D eigenvalue weighted by Crippen LogP contribution is 2.52. The average molecular weight is 441 g/mol. The van der Waals surface area contributed by atoms with Crippen LogP contribution in [-0.4, -0.2) is 50.4 Å². The van der Waals surface area contributed by atoms with Crippen LogP contribution in [0.25, 0.3) is 0 Å². The van der Waals surface area contributed by atoms with Crippen molar-refractivity contribution in [1.29, 1.82) is 0 Å². The van der Waals surface area contributed by atoms with Crippen LogP contribution in [-0.2, 0) is 19.2 Å². The van der Waals surface area contributed by atoms with Gasteiger partial charge in [-0.2, -0.15) is 0 Å². The van der Waals surface area contributed by atoms with Crippen molar-refractivity contribution in [2.24, 2.45) is 11.8 Å². The molecular weight excluding hydrogens is 420 g/mol. The Bertz CT molecular complexity index is 882. The molecule has 0 aromatic carbocycles. The Balaban J connectivity index is 1.80. The zero-order valence-corrected chi connectivity index (χ0v) is 17.0. The van der Waals surface area contributed by atoms with Crippen LogP contribution in [0.1, 0.15) is 49.4 Å². The molecule has 3 heterocycles. The quantitative estimate of drug-likeness (QED) is 0.600. The third-order valence-electron chi connectivity index (χ3n) is 6.34. The normalized spacial score (nSPS) is 32.6. The number of thiophene rings is 1. The molecule has 1 saturated carbocycles. The summed E-state index contributed by atoms with van der Waals surface area (Å²) in [6.07, 6.45) is 3.43. The van der Waals surface area contributed by atoms with Crippen molar-refractivity contribution in [2.75, 3.05) is 0 Å². The van der Waals surface area contributed by atoms with E-state index < -0.39 is 53.6 Å². The Kier molecular flexibility index (Phi) is 5.16. The van der Waals surface area contributed by atoms with Gasteiger partial charge in [-0.25, -0.2) is 0 Å². The smallest absolute Gasteiger partial charge is 0.325 e. The number of likely N-dealkylation sites (tertiary alicyclic amines) is 1. The number of fused-ring (bicyclic) bond motifs is 1. The second kappa shape index (κ2) is 7.37. The van der Waals surface area contributed by atoms with E-state index in [1.165, 1.54) is 16.2 Å². The summed E-state index contributed by atoms with van der Waals surface area (Å²) in [5.41, 5.74) is -2.05. The van der Waals surface area contributed by atoms with E-state index in [4.69, 9.17) is 11.6 Å². The number of imide groups is 1. The minimum absolute atomic E-state index is 0.252. The van der Waals surface area contributed by atoms with Crippen LogP contribution in [0.5, 0.6) is 0 Å². The van der Waals surface area contributed by atoms with Gasteiger partial charge >= 0.3 is 11.9 Å². The van der Waals surface area contributed by atoms with Gasteiger partial charge in [-0.15, -0.1) is 11.3 Å². The summed E-state index contributed by atoms with van der Waals surface area (Å²) < 4.78 is 0.463. The maximum absolute atomic E-state index is 13.4. The van der Waals surface area contributed by atoms with Gasteiger partial charge in [0.2, 0.25) is 11.8 Å². The van der Waals surface area contributed by atoms with Crippen molar-refractivity contribution >= 4 is 46.7 Å². The van der Waals surface area contributed by atoms with E-state index in [0.717, 1.165) is 19.3 Å². The molecule has 1 aromatic rings. The first-order valence-electron chi connectivity index (χ1n) is 9.61. The predicted molar refractivity (Wildman–Crippen MR) is 104 cm³/mol. The second-order valence-corrected chi connectivity index (χ2v) is 9.70. The molecule has 2 aliphatic heterocycles. The molecular formula is C19H21ClN2O6S. The Morgan fingerprint density at radius 1 is 1.17 bits per heavy atom. The number of carboxylic acid groups (broad SMARTS) is 2. The first kappa shape index (κ1) is 20.3. The molecule has 156 valence electrons. The molecule has 8 nitrogen and oxygen atoms in total. The lowest BCUT2D eigenvalue weighted by molar-refractivity contribution is -0.156. The minimum atomic E-state index is -2.05. The van der Waals surface area contributed by atoms with Gasteiger partial charge in [-0.3, -0.25) is 29.4 Å². The summed E-state index contributed by atoms with van der Waals surface area (Å²) in [4.78, 5) is 52.4. The minimum Gasteiger partial charge on any atom is -0.481 e. The SMILES string of the molecule is O=C(O)CC1(C(=O)O)NC(c2ccc(Cl)s2)C2C(=O)N(C3CCCCC3)C(=O)C21. The number of amides is 2. The molecule has 3 fully saturated rings. The van der Waals surface area contributed by atoms with Gasteiger partial charge in [0.15, 0.2) is 0 Å². The number of aliphatic carboxylic acids is 2. The third-order valence-corrected chi connectivity index (χ3v) is 7.65. The van der Waals surface area contributed by atoms with E-state index in [9.17, 15) is 29.4 Å². The Morgan fingerprint density at radius 2 is 1.86 bits per heavy atom. The number of rotatable bonds is 5. The lowest BCUT2D eigenvalue weighted by Gasteiger charge is -2.33. The fraction of sp³-hybridized carbons (Fsp3) is 0.579. The van der Waals surface area contributed by atoms with E-state index in [1.807, 2.05) is 0 Å². The van der Waals surface area contributed by atoms with Crippen LogP contribution in [0.3, 0.4) is 0 Å². The number of carboxylic acids is 2. The number of hydrogen-bond donors (Lipinski definition) is 3. The molecule has 2 saturated heterocycles. The van der Waals surface area contributed by atoms with Gasteiger partial charge in [0.25, 0.3) is 0 Å². The molecule has 3 aliphatic rings. The standard InChI is InChI=1S/C19H21ClN2O6S/c20-11-7-6-10(29-11)15-13-14(19(21-15,18(27)28)8-12(23)24)17(26)22(16(13)25)9-4-2-1-3-5-9/h6-7,9,13-15,21H,1-5,8H2,(H,23,24)(H,27,28). The maximum Gasteiger partial charge on any atom is 0.325 e. The molecule has 3 N–H and O–H groups in total. The summed E-state index contributed by atoms with van der Waals surface area (Å²) in [5.74, 6) is -6.01. The Labute approximate surface area is 175 Å². The fourth-order valence-electron chi connectivity index (χ4n) is 5.14. The Morgan fingerprint density at radius 3 is 2.41 bits per heavy atom. The molecule has 4 rings (SSSR count). The second-order valence-electron chi connectivity index (χ2n) is 7.95. The molecule has 0 spiro atoms. The molecule has 4 atom stereocenters. The Hall–Kier alpha value is -1.97. The topological polar surface area (TPSA) is 124 Å². The number of halogens is 1. The van der Waals surface area contributed by atoms with E-state index in [-0.39, 0.29) is 6.04 Å². The number of carbonyl (C=O) groups excluding carboxylic acids is 2. The van der Waals surface area contributed by atoms with Crippen molar-refractivity contribution in [2.45, 2.75) is 56.1 Å². The molecule has 2 amide bonds. The molecule has 1 aromatic heterocycles. The van der Waals surface area contributed by atoms with Crippen molar-refractivity contribution in [3.63, 3.8) is 0 Å². The molecule has 1 aliphatic carbocycles. The summed E-state index contributed by atoms with van der Waals surface area (Å²) >= 11 is 7.22. The molecule has 0 bridgehead atoms. The van der Waals surface area contributed by atoms with Crippen molar-refractivity contribution in [3.05, 3.63) is 21.3 Å². The van der Waals surface area contributed by atoms with Gasteiger partial charge in [0.1, 0.15) is 5.54 Å². The molecule has 4 unspecified atom stereocenters. The first-order valence-corrected chi connectivity index (χ1v) is 10.8. The largest absolute Gasteiger partial charge is 0.481 e. The summed E-state index contributed by atoms with van der Waals surface area (Å²) in [6, 6.07) is 2.29. The predicted octanol–water partition coefficient (Wildman–Crippen LogP) is 2.28. The average Bonchev–Trinajstić information content (AvgIpc) is 3.31. The highest BCUT2D eigenvalue weighted by atomic mass is 35.5. The highest BCUT2D eigenvalue weighted by Gasteiger charge is 2.69. The number of carbonyl (C=O) groups is 4. The van der Waals surface area contributed by atoms with Gasteiger partial charge in [-0.05, 0) is 25.0 Å². The van der Waals surface area contributed by atoms with Crippen molar-refractivity contribution < 1.29 is 29.4 Å².